The number of hydrogen-bond acceptors (Lipinski definition) is 5. The number of nitrogens with zero attached hydrogens (tertiary/aromatic N) is 2. The first kappa shape index (κ1) is 23.1. The highest BCUT2D eigenvalue weighted by Gasteiger charge is 2.37. The molecule has 1 amide bonds. The summed E-state index contributed by atoms with van der Waals surface area (Å²) in [5.74, 6) is 1.18. The van der Waals surface area contributed by atoms with Gasteiger partial charge in [0.2, 0.25) is 0 Å². The van der Waals surface area contributed by atoms with E-state index in [-0.39, 0.29) is 11.9 Å². The van der Waals surface area contributed by atoms with Crippen LogP contribution < -0.4 is 9.47 Å². The Morgan fingerprint density at radius 3 is 2.24 bits per heavy atom. The smallest absolute Gasteiger partial charge is 0.267 e. The molecule has 0 bridgehead atoms. The van der Waals surface area contributed by atoms with Crippen molar-refractivity contribution in [1.29, 1.82) is 0 Å². The molecule has 168 valence electrons. The van der Waals surface area contributed by atoms with Crippen LogP contribution in [-0.4, -0.2) is 30.2 Å². The molecule has 4 rings (SSSR count). The molecule has 0 aromatic heterocycles. The summed E-state index contributed by atoms with van der Waals surface area (Å²) in [5, 5.41) is 0.639. The van der Waals surface area contributed by atoms with Gasteiger partial charge in [-0.05, 0) is 64.5 Å². The number of ether oxygens (including phenoxy) is 2. The average molecular weight is 523 g/mol. The van der Waals surface area contributed by atoms with E-state index in [1.165, 1.54) is 11.8 Å². The number of carbonyl (C=O) groups is 1. The Bertz CT molecular complexity index is 1210. The van der Waals surface area contributed by atoms with Crippen LogP contribution in [-0.2, 0) is 4.79 Å². The number of benzene rings is 3. The normalized spacial score (nSPS) is 17.0. The second-order valence-corrected chi connectivity index (χ2v) is 9.19. The molecule has 1 aliphatic rings. The molecule has 0 spiro atoms. The zero-order valence-corrected chi connectivity index (χ0v) is 20.9. The SMILES string of the molecule is COc1cc(OC)c(/C=C2/SC(=Nc3ccccc3)N([C@@H](C)c3ccccc3)C2=O)cc1Br. The zero-order valence-electron chi connectivity index (χ0n) is 18.5. The van der Waals surface area contributed by atoms with Gasteiger partial charge < -0.3 is 9.47 Å². The molecule has 0 radical (unpaired) electrons. The molecule has 1 atom stereocenters. The lowest BCUT2D eigenvalue weighted by atomic mass is 10.1. The fraction of sp³-hybridized carbons (Fsp3) is 0.154. The van der Waals surface area contributed by atoms with Gasteiger partial charge in [-0.1, -0.05) is 48.5 Å². The highest BCUT2D eigenvalue weighted by atomic mass is 79.9. The van der Waals surface area contributed by atoms with Gasteiger partial charge in [0.15, 0.2) is 5.17 Å². The van der Waals surface area contributed by atoms with Gasteiger partial charge in [-0.25, -0.2) is 4.99 Å². The molecule has 1 heterocycles. The molecular weight excluding hydrogens is 500 g/mol. The van der Waals surface area contributed by atoms with Crippen LogP contribution in [0.4, 0.5) is 5.69 Å². The molecule has 0 N–H and O–H groups in total. The third kappa shape index (κ3) is 4.99. The van der Waals surface area contributed by atoms with Gasteiger partial charge in [0.05, 0.1) is 35.3 Å². The van der Waals surface area contributed by atoms with Crippen molar-refractivity contribution in [3.05, 3.63) is 93.3 Å². The maximum atomic E-state index is 13.6. The lowest BCUT2D eigenvalue weighted by Crippen LogP contribution is -2.32. The molecule has 33 heavy (non-hydrogen) atoms. The number of amides is 1. The van der Waals surface area contributed by atoms with Gasteiger partial charge in [0, 0.05) is 11.6 Å². The number of rotatable bonds is 6. The van der Waals surface area contributed by atoms with Crippen molar-refractivity contribution in [2.45, 2.75) is 13.0 Å². The summed E-state index contributed by atoms with van der Waals surface area (Å²) in [6, 6.07) is 23.1. The highest BCUT2D eigenvalue weighted by molar-refractivity contribution is 9.10. The molecule has 3 aromatic carbocycles. The van der Waals surface area contributed by atoms with Gasteiger partial charge >= 0.3 is 0 Å². The van der Waals surface area contributed by atoms with E-state index in [4.69, 9.17) is 14.5 Å². The number of amidine groups is 1. The molecule has 1 fully saturated rings. The monoisotopic (exact) mass is 522 g/mol. The van der Waals surface area contributed by atoms with Gasteiger partial charge in [-0.15, -0.1) is 0 Å². The summed E-state index contributed by atoms with van der Waals surface area (Å²) in [4.78, 5) is 20.7. The van der Waals surface area contributed by atoms with Crippen LogP contribution in [0.25, 0.3) is 6.08 Å². The van der Waals surface area contributed by atoms with Crippen LogP contribution >= 0.6 is 27.7 Å². The van der Waals surface area contributed by atoms with Crippen molar-refractivity contribution in [2.75, 3.05) is 14.2 Å². The Labute approximate surface area is 206 Å². The van der Waals surface area contributed by atoms with E-state index in [1.807, 2.05) is 79.7 Å². The minimum atomic E-state index is -0.177. The summed E-state index contributed by atoms with van der Waals surface area (Å²) in [6.45, 7) is 2.02. The topological polar surface area (TPSA) is 51.1 Å². The fourth-order valence-corrected chi connectivity index (χ4v) is 5.12. The molecule has 3 aromatic rings. The van der Waals surface area contributed by atoms with Crippen molar-refractivity contribution < 1.29 is 14.3 Å². The molecule has 1 saturated heterocycles. The van der Waals surface area contributed by atoms with Gasteiger partial charge in [-0.3, -0.25) is 9.69 Å². The first-order valence-electron chi connectivity index (χ1n) is 10.3. The van der Waals surface area contributed by atoms with E-state index in [2.05, 4.69) is 15.9 Å². The summed E-state index contributed by atoms with van der Waals surface area (Å²) < 4.78 is 11.7. The van der Waals surface area contributed by atoms with E-state index < -0.39 is 0 Å². The van der Waals surface area contributed by atoms with E-state index in [0.717, 1.165) is 21.3 Å². The number of halogens is 1. The van der Waals surface area contributed by atoms with Crippen molar-refractivity contribution >= 4 is 50.5 Å². The number of methoxy groups -OCH3 is 2. The first-order valence-corrected chi connectivity index (χ1v) is 12.0. The van der Waals surface area contributed by atoms with Crippen LogP contribution in [0.15, 0.2) is 87.2 Å². The van der Waals surface area contributed by atoms with Crippen LogP contribution in [0.5, 0.6) is 11.5 Å². The van der Waals surface area contributed by atoms with Gasteiger partial charge in [-0.2, -0.15) is 0 Å². The lowest BCUT2D eigenvalue weighted by molar-refractivity contribution is -0.123. The number of carbonyl (C=O) groups excluding carboxylic acids is 1. The van der Waals surface area contributed by atoms with Crippen LogP contribution in [0, 0.1) is 0 Å². The van der Waals surface area contributed by atoms with Crippen LogP contribution in [0.2, 0.25) is 0 Å². The average Bonchev–Trinajstić information content (AvgIpc) is 3.14. The number of hydrogen-bond donors (Lipinski definition) is 0. The minimum absolute atomic E-state index is 0.0972. The lowest BCUT2D eigenvalue weighted by Gasteiger charge is -2.24. The second-order valence-electron chi connectivity index (χ2n) is 7.33. The van der Waals surface area contributed by atoms with Gasteiger partial charge in [0.1, 0.15) is 11.5 Å². The standard InChI is InChI=1S/C26H23BrN2O3S/c1-17(18-10-6-4-7-11-18)29-25(30)24(33-26(29)28-20-12-8-5-9-13-20)15-19-14-21(27)23(32-3)16-22(19)31-2/h4-17H,1-3H3/b24-15+,28-26?/t17-/m0/s1. The summed E-state index contributed by atoms with van der Waals surface area (Å²) >= 11 is 4.88. The third-order valence-corrected chi connectivity index (χ3v) is 6.88. The maximum absolute atomic E-state index is 13.6. The van der Waals surface area contributed by atoms with Crippen LogP contribution in [0.3, 0.4) is 0 Å². The summed E-state index contributed by atoms with van der Waals surface area (Å²) in [6.07, 6.45) is 1.84. The summed E-state index contributed by atoms with van der Waals surface area (Å²) in [5.41, 5.74) is 2.61. The van der Waals surface area contributed by atoms with E-state index in [0.29, 0.717) is 21.6 Å². The molecule has 5 nitrogen and oxygen atoms in total. The van der Waals surface area contributed by atoms with Crippen molar-refractivity contribution in [2.24, 2.45) is 4.99 Å². The molecule has 1 aliphatic heterocycles. The Kier molecular flexibility index (Phi) is 7.20. The summed E-state index contributed by atoms with van der Waals surface area (Å²) in [7, 11) is 3.20. The van der Waals surface area contributed by atoms with Crippen molar-refractivity contribution in [1.82, 2.24) is 4.90 Å². The molecule has 0 saturated carbocycles. The quantitative estimate of drug-likeness (QED) is 0.333. The number of aliphatic imine (C=N–C) groups is 1. The Morgan fingerprint density at radius 1 is 0.970 bits per heavy atom. The van der Waals surface area contributed by atoms with Crippen LogP contribution in [0.1, 0.15) is 24.1 Å². The first-order chi connectivity index (χ1) is 16.0. The van der Waals surface area contributed by atoms with Crippen molar-refractivity contribution in [3.8, 4) is 11.5 Å². The van der Waals surface area contributed by atoms with E-state index in [1.54, 1.807) is 25.2 Å². The molecule has 0 unspecified atom stereocenters. The predicted molar refractivity (Wildman–Crippen MR) is 138 cm³/mol. The largest absolute Gasteiger partial charge is 0.496 e. The maximum Gasteiger partial charge on any atom is 0.267 e. The number of para-hydroxylation sites is 1. The Balaban J connectivity index is 1.78. The molecule has 0 aliphatic carbocycles. The Hall–Kier alpha value is -3.03. The molecule has 7 heteroatoms. The Morgan fingerprint density at radius 2 is 1.61 bits per heavy atom. The predicted octanol–water partition coefficient (Wildman–Crippen LogP) is 6.83. The zero-order chi connectivity index (χ0) is 23.4. The van der Waals surface area contributed by atoms with E-state index >= 15 is 0 Å². The van der Waals surface area contributed by atoms with Crippen molar-refractivity contribution in [3.63, 3.8) is 0 Å². The van der Waals surface area contributed by atoms with Gasteiger partial charge in [0.25, 0.3) is 5.91 Å². The third-order valence-electron chi connectivity index (χ3n) is 5.28. The van der Waals surface area contributed by atoms with E-state index in [9.17, 15) is 4.79 Å². The minimum Gasteiger partial charge on any atom is -0.496 e. The number of thioether (sulfide) groups is 1. The highest BCUT2D eigenvalue weighted by Crippen LogP contribution is 2.41. The second kappa shape index (κ2) is 10.3. The fourth-order valence-electron chi connectivity index (χ4n) is 3.54. The molecular formula is C26H23BrN2O3S.